The Kier molecular flexibility index (Phi) is 4.37. The second kappa shape index (κ2) is 5.90. The molecule has 0 aromatic heterocycles. The third-order valence-electron chi connectivity index (χ3n) is 4.10. The van der Waals surface area contributed by atoms with Gasteiger partial charge in [0.15, 0.2) is 0 Å². The van der Waals surface area contributed by atoms with E-state index < -0.39 is 0 Å². The Balaban J connectivity index is 2.56. The van der Waals surface area contributed by atoms with Crippen LogP contribution in [0.15, 0.2) is 30.3 Å². The lowest BCUT2D eigenvalue weighted by atomic mass is 9.86. The lowest BCUT2D eigenvalue weighted by molar-refractivity contribution is -0.122. The number of hydrazine groups is 1. The molecule has 0 saturated heterocycles. The van der Waals surface area contributed by atoms with Gasteiger partial charge in [0.05, 0.1) is 5.54 Å². The highest BCUT2D eigenvalue weighted by Gasteiger charge is 2.38. The number of nitrogens with zero attached hydrogens (tertiary/aromatic N) is 1. The van der Waals surface area contributed by atoms with Crippen LogP contribution in [-0.2, 0) is 4.79 Å². The van der Waals surface area contributed by atoms with Gasteiger partial charge < -0.3 is 4.90 Å². The summed E-state index contributed by atoms with van der Waals surface area (Å²) in [4.78, 5) is 14.5. The molecule has 1 aliphatic rings. The first kappa shape index (κ1) is 15.6. The van der Waals surface area contributed by atoms with Crippen molar-refractivity contribution in [2.75, 3.05) is 4.90 Å². The molecule has 4 nitrogen and oxygen atoms in total. The number of hydrogen-bond donors (Lipinski definition) is 2. The molecule has 4 heteroatoms. The zero-order chi connectivity index (χ0) is 15.6. The predicted octanol–water partition coefficient (Wildman–Crippen LogP) is 2.85. The van der Waals surface area contributed by atoms with Crippen molar-refractivity contribution >= 4 is 17.2 Å². The summed E-state index contributed by atoms with van der Waals surface area (Å²) < 4.78 is 0. The monoisotopic (exact) mass is 287 g/mol. The van der Waals surface area contributed by atoms with Gasteiger partial charge in [0.1, 0.15) is 6.04 Å². The fraction of sp³-hybridized carbons (Fsp3) is 0.471. The summed E-state index contributed by atoms with van der Waals surface area (Å²) in [6.07, 6.45) is 3.92. The van der Waals surface area contributed by atoms with Crippen molar-refractivity contribution in [1.29, 1.82) is 0 Å². The van der Waals surface area contributed by atoms with Crippen molar-refractivity contribution in [2.45, 2.75) is 52.1 Å². The summed E-state index contributed by atoms with van der Waals surface area (Å²) in [6.45, 7) is 8.48. The van der Waals surface area contributed by atoms with E-state index in [4.69, 9.17) is 5.84 Å². The Morgan fingerprint density at radius 2 is 2.05 bits per heavy atom. The highest BCUT2D eigenvalue weighted by atomic mass is 16.2. The van der Waals surface area contributed by atoms with Crippen LogP contribution in [0.5, 0.6) is 0 Å². The van der Waals surface area contributed by atoms with Crippen LogP contribution in [0, 0.1) is 0 Å². The molecule has 0 saturated carbocycles. The van der Waals surface area contributed by atoms with Crippen LogP contribution in [0.25, 0.3) is 5.57 Å². The number of nitrogens with two attached hydrogens (primary N) is 1. The Morgan fingerprint density at radius 3 is 2.67 bits per heavy atom. The minimum atomic E-state index is -0.263. The molecule has 0 spiro atoms. The van der Waals surface area contributed by atoms with Crippen LogP contribution in [0.4, 0.5) is 5.69 Å². The quantitative estimate of drug-likeness (QED) is 0.508. The molecule has 114 valence electrons. The van der Waals surface area contributed by atoms with Crippen molar-refractivity contribution in [3.63, 3.8) is 0 Å². The average molecular weight is 287 g/mol. The summed E-state index contributed by atoms with van der Waals surface area (Å²) in [6, 6.07) is 7.97. The van der Waals surface area contributed by atoms with E-state index in [1.807, 2.05) is 12.1 Å². The number of anilines is 1. The minimum Gasteiger partial charge on any atom is -0.350 e. The summed E-state index contributed by atoms with van der Waals surface area (Å²) in [5.41, 5.74) is 5.62. The number of benzene rings is 1. The molecule has 1 aliphatic heterocycles. The summed E-state index contributed by atoms with van der Waals surface area (Å²) >= 11 is 0. The van der Waals surface area contributed by atoms with Crippen LogP contribution >= 0.6 is 0 Å². The number of carbonyl (C=O) groups is 1. The molecular formula is C17H25N3O. The number of nitrogens with one attached hydrogen (secondary N) is 1. The van der Waals surface area contributed by atoms with Crippen LogP contribution in [0.1, 0.15) is 46.1 Å². The van der Waals surface area contributed by atoms with Gasteiger partial charge in [-0.2, -0.15) is 0 Å². The topological polar surface area (TPSA) is 58.4 Å². The molecule has 0 bridgehead atoms. The van der Waals surface area contributed by atoms with Crippen molar-refractivity contribution in [3.8, 4) is 0 Å². The molecule has 0 fully saturated rings. The van der Waals surface area contributed by atoms with E-state index in [1.54, 1.807) is 0 Å². The molecule has 1 unspecified atom stereocenters. The normalized spacial score (nSPS) is 17.8. The van der Waals surface area contributed by atoms with Crippen molar-refractivity contribution in [1.82, 2.24) is 5.43 Å². The highest BCUT2D eigenvalue weighted by Crippen LogP contribution is 2.40. The molecule has 1 aromatic rings. The molecule has 1 atom stereocenters. The molecule has 21 heavy (non-hydrogen) atoms. The van der Waals surface area contributed by atoms with E-state index in [1.165, 1.54) is 11.1 Å². The first-order valence-corrected chi connectivity index (χ1v) is 7.51. The Hall–Kier alpha value is -1.81. The first-order chi connectivity index (χ1) is 9.92. The number of para-hydroxylation sites is 1. The SMILES string of the molecule is CCCC(C(=O)NN)N1c2ccccc2C(C)=CC1(C)C. The van der Waals surface area contributed by atoms with Gasteiger partial charge in [0.2, 0.25) is 0 Å². The first-order valence-electron chi connectivity index (χ1n) is 7.51. The second-order valence-corrected chi connectivity index (χ2v) is 6.18. The molecule has 1 heterocycles. The number of amides is 1. The smallest absolute Gasteiger partial charge is 0.256 e. The van der Waals surface area contributed by atoms with Crippen LogP contribution in [-0.4, -0.2) is 17.5 Å². The van der Waals surface area contributed by atoms with Crippen molar-refractivity contribution in [2.24, 2.45) is 5.84 Å². The molecular weight excluding hydrogens is 262 g/mol. The van der Waals surface area contributed by atoms with Gasteiger partial charge in [0.25, 0.3) is 5.91 Å². The average Bonchev–Trinajstić information content (AvgIpc) is 2.44. The zero-order valence-electron chi connectivity index (χ0n) is 13.3. The number of rotatable bonds is 4. The fourth-order valence-corrected chi connectivity index (χ4v) is 3.32. The molecule has 2 rings (SSSR count). The lowest BCUT2D eigenvalue weighted by Gasteiger charge is -2.47. The standard InChI is InChI=1S/C17H25N3O/c1-5-8-15(16(21)19-18)20-14-10-7-6-9-13(14)12(2)11-17(20,3)4/h6-7,9-11,15H,5,8,18H2,1-4H3,(H,19,21). The summed E-state index contributed by atoms with van der Waals surface area (Å²) in [7, 11) is 0. The maximum absolute atomic E-state index is 12.3. The fourth-order valence-electron chi connectivity index (χ4n) is 3.32. The van der Waals surface area contributed by atoms with E-state index in [0.717, 1.165) is 18.5 Å². The molecule has 1 amide bonds. The van der Waals surface area contributed by atoms with Gasteiger partial charge in [-0.3, -0.25) is 10.2 Å². The van der Waals surface area contributed by atoms with Gasteiger partial charge in [-0.1, -0.05) is 37.6 Å². The van der Waals surface area contributed by atoms with E-state index in [0.29, 0.717) is 0 Å². The van der Waals surface area contributed by atoms with Crippen molar-refractivity contribution < 1.29 is 4.79 Å². The summed E-state index contributed by atoms with van der Waals surface area (Å²) in [5.74, 6) is 5.27. The number of allylic oxidation sites excluding steroid dienone is 1. The maximum Gasteiger partial charge on any atom is 0.256 e. The van der Waals surface area contributed by atoms with E-state index in [-0.39, 0.29) is 17.5 Å². The zero-order valence-corrected chi connectivity index (χ0v) is 13.3. The molecule has 1 aromatic carbocycles. The third kappa shape index (κ3) is 2.81. The molecule has 0 radical (unpaired) electrons. The van der Waals surface area contributed by atoms with E-state index in [2.05, 4.69) is 56.2 Å². The van der Waals surface area contributed by atoms with Gasteiger partial charge in [0, 0.05) is 11.3 Å². The van der Waals surface area contributed by atoms with Gasteiger partial charge >= 0.3 is 0 Å². The van der Waals surface area contributed by atoms with Crippen LogP contribution in [0.2, 0.25) is 0 Å². The maximum atomic E-state index is 12.3. The van der Waals surface area contributed by atoms with Gasteiger partial charge in [-0.15, -0.1) is 0 Å². The number of fused-ring (bicyclic) bond motifs is 1. The van der Waals surface area contributed by atoms with Crippen LogP contribution < -0.4 is 16.2 Å². The Bertz CT molecular complexity index is 563. The number of hydrogen-bond acceptors (Lipinski definition) is 3. The predicted molar refractivity (Wildman–Crippen MR) is 87.7 cm³/mol. The largest absolute Gasteiger partial charge is 0.350 e. The van der Waals surface area contributed by atoms with Gasteiger partial charge in [-0.25, -0.2) is 5.84 Å². The van der Waals surface area contributed by atoms with Crippen LogP contribution in [0.3, 0.4) is 0 Å². The summed E-state index contributed by atoms with van der Waals surface area (Å²) in [5, 5.41) is 0. The van der Waals surface area contributed by atoms with E-state index >= 15 is 0 Å². The van der Waals surface area contributed by atoms with Crippen molar-refractivity contribution in [3.05, 3.63) is 35.9 Å². The lowest BCUT2D eigenvalue weighted by Crippen LogP contribution is -2.57. The number of carbonyl (C=O) groups excluding carboxylic acids is 1. The highest BCUT2D eigenvalue weighted by molar-refractivity contribution is 5.89. The Morgan fingerprint density at radius 1 is 1.38 bits per heavy atom. The molecule has 3 N–H and O–H groups in total. The Labute approximate surface area is 127 Å². The molecule has 0 aliphatic carbocycles. The van der Waals surface area contributed by atoms with E-state index in [9.17, 15) is 4.79 Å². The second-order valence-electron chi connectivity index (χ2n) is 6.18. The third-order valence-corrected chi connectivity index (χ3v) is 4.10. The minimum absolute atomic E-state index is 0.132. The van der Waals surface area contributed by atoms with Gasteiger partial charge in [-0.05, 0) is 38.8 Å².